The molecule has 0 saturated carbocycles. The summed E-state index contributed by atoms with van der Waals surface area (Å²) in [6, 6.07) is 3.62. The largest absolute Gasteiger partial charge is 0.467 e. The molecule has 2 aromatic rings. The van der Waals surface area contributed by atoms with E-state index in [1.807, 2.05) is 20.0 Å². The summed E-state index contributed by atoms with van der Waals surface area (Å²) in [5.41, 5.74) is 0.686. The van der Waals surface area contributed by atoms with Crippen molar-refractivity contribution in [2.75, 3.05) is 11.9 Å². The quantitative estimate of drug-likeness (QED) is 0.881. The number of rotatable bonds is 5. The van der Waals surface area contributed by atoms with Gasteiger partial charge in [-0.3, -0.25) is 4.68 Å². The lowest BCUT2D eigenvalue weighted by Gasteiger charge is -2.26. The number of nitrogens with one attached hydrogen (secondary N) is 1. The Balaban J connectivity index is 1.60. The van der Waals surface area contributed by atoms with Crippen LogP contribution in [0.25, 0.3) is 0 Å². The topological polar surface area (TPSA) is 83.5 Å². The maximum atomic E-state index is 12.5. The van der Waals surface area contributed by atoms with Gasteiger partial charge in [0, 0.05) is 31.2 Å². The van der Waals surface area contributed by atoms with E-state index in [2.05, 4.69) is 10.4 Å². The number of aliphatic hydroxyl groups excluding tert-OH is 1. The predicted molar refractivity (Wildman–Crippen MR) is 89.6 cm³/mol. The second-order valence-corrected chi connectivity index (χ2v) is 6.49. The van der Waals surface area contributed by atoms with E-state index >= 15 is 0 Å². The number of furan rings is 1. The Morgan fingerprint density at radius 3 is 3.04 bits per heavy atom. The summed E-state index contributed by atoms with van der Waals surface area (Å²) in [6.07, 6.45) is 6.63. The van der Waals surface area contributed by atoms with E-state index in [9.17, 15) is 9.90 Å². The van der Waals surface area contributed by atoms with Crippen LogP contribution in [-0.4, -0.2) is 38.4 Å². The second kappa shape index (κ2) is 7.09. The smallest absolute Gasteiger partial charge is 0.322 e. The summed E-state index contributed by atoms with van der Waals surface area (Å²) in [4.78, 5) is 14.3. The third kappa shape index (κ3) is 3.62. The third-order valence-electron chi connectivity index (χ3n) is 4.39. The van der Waals surface area contributed by atoms with Gasteiger partial charge >= 0.3 is 6.03 Å². The highest BCUT2D eigenvalue weighted by atomic mass is 16.4. The average Bonchev–Trinajstić information content (AvgIpc) is 3.28. The molecule has 2 unspecified atom stereocenters. The van der Waals surface area contributed by atoms with Crippen molar-refractivity contribution in [2.45, 2.75) is 51.3 Å². The molecular weight excluding hydrogens is 308 g/mol. The van der Waals surface area contributed by atoms with Crippen molar-refractivity contribution < 1.29 is 14.3 Å². The van der Waals surface area contributed by atoms with Crippen molar-refractivity contribution in [1.82, 2.24) is 14.7 Å². The molecule has 2 aromatic heterocycles. The summed E-state index contributed by atoms with van der Waals surface area (Å²) < 4.78 is 7.05. The molecule has 1 aliphatic heterocycles. The van der Waals surface area contributed by atoms with E-state index in [0.717, 1.165) is 12.8 Å². The van der Waals surface area contributed by atoms with Crippen LogP contribution in [0.15, 0.2) is 35.2 Å². The summed E-state index contributed by atoms with van der Waals surface area (Å²) in [6.45, 7) is 4.76. The van der Waals surface area contributed by atoms with E-state index < -0.39 is 6.10 Å². The zero-order chi connectivity index (χ0) is 17.1. The monoisotopic (exact) mass is 332 g/mol. The van der Waals surface area contributed by atoms with Gasteiger partial charge in [0.1, 0.15) is 11.9 Å². The molecule has 130 valence electrons. The number of carbonyl (C=O) groups is 1. The van der Waals surface area contributed by atoms with Gasteiger partial charge in [-0.05, 0) is 38.8 Å². The molecule has 2 amide bonds. The predicted octanol–water partition coefficient (Wildman–Crippen LogP) is 3.18. The van der Waals surface area contributed by atoms with Crippen LogP contribution in [0.5, 0.6) is 0 Å². The molecule has 2 N–H and O–H groups in total. The minimum Gasteiger partial charge on any atom is -0.467 e. The van der Waals surface area contributed by atoms with Crippen molar-refractivity contribution >= 4 is 11.7 Å². The van der Waals surface area contributed by atoms with Gasteiger partial charge < -0.3 is 19.7 Å². The first-order chi connectivity index (χ1) is 11.5. The Kier molecular flexibility index (Phi) is 4.89. The van der Waals surface area contributed by atoms with Gasteiger partial charge in [-0.25, -0.2) is 4.79 Å². The number of amides is 2. The maximum Gasteiger partial charge on any atom is 0.322 e. The van der Waals surface area contributed by atoms with Crippen LogP contribution in [-0.2, 0) is 0 Å². The van der Waals surface area contributed by atoms with Gasteiger partial charge in [0.05, 0.1) is 18.1 Å². The highest BCUT2D eigenvalue weighted by molar-refractivity contribution is 5.89. The van der Waals surface area contributed by atoms with E-state index in [4.69, 9.17) is 4.42 Å². The van der Waals surface area contributed by atoms with Crippen LogP contribution >= 0.6 is 0 Å². The van der Waals surface area contributed by atoms with Crippen molar-refractivity contribution in [1.29, 1.82) is 0 Å². The Morgan fingerprint density at radius 1 is 1.54 bits per heavy atom. The van der Waals surface area contributed by atoms with Crippen LogP contribution in [0.1, 0.15) is 51.0 Å². The highest BCUT2D eigenvalue weighted by Gasteiger charge is 2.31. The molecule has 7 heteroatoms. The number of aromatic nitrogens is 2. The minimum absolute atomic E-state index is 0.00486. The average molecular weight is 332 g/mol. The molecule has 1 aliphatic rings. The van der Waals surface area contributed by atoms with Gasteiger partial charge in [-0.2, -0.15) is 5.10 Å². The Bertz CT molecular complexity index is 665. The van der Waals surface area contributed by atoms with Gasteiger partial charge in [-0.15, -0.1) is 0 Å². The molecule has 0 aliphatic carbocycles. The van der Waals surface area contributed by atoms with Crippen molar-refractivity contribution in [3.8, 4) is 0 Å². The molecule has 0 radical (unpaired) electrons. The zero-order valence-corrected chi connectivity index (χ0v) is 14.1. The fourth-order valence-electron chi connectivity index (χ4n) is 3.08. The number of nitrogens with zero attached hydrogens (tertiary/aromatic N) is 3. The molecule has 1 saturated heterocycles. The van der Waals surface area contributed by atoms with Crippen LogP contribution in [0.3, 0.4) is 0 Å². The number of hydrogen-bond acceptors (Lipinski definition) is 4. The first kappa shape index (κ1) is 16.6. The number of carbonyl (C=O) groups excluding carboxylic acids is 1. The zero-order valence-electron chi connectivity index (χ0n) is 14.1. The number of hydrogen-bond donors (Lipinski definition) is 2. The SMILES string of the molecule is CC(C)n1cc(NC(=O)N2CCCC2CC(O)c2ccco2)cn1. The first-order valence-electron chi connectivity index (χ1n) is 8.38. The lowest BCUT2D eigenvalue weighted by Crippen LogP contribution is -2.39. The lowest BCUT2D eigenvalue weighted by atomic mass is 10.1. The van der Waals surface area contributed by atoms with Crippen molar-refractivity contribution in [3.05, 3.63) is 36.5 Å². The Labute approximate surface area is 141 Å². The van der Waals surface area contributed by atoms with Crippen molar-refractivity contribution in [3.63, 3.8) is 0 Å². The molecule has 0 bridgehead atoms. The minimum atomic E-state index is -0.693. The molecule has 2 atom stereocenters. The van der Waals surface area contributed by atoms with Crippen molar-refractivity contribution in [2.24, 2.45) is 0 Å². The number of aliphatic hydroxyl groups is 1. The van der Waals surface area contributed by atoms with Crippen LogP contribution in [0.4, 0.5) is 10.5 Å². The molecule has 7 nitrogen and oxygen atoms in total. The number of likely N-dealkylation sites (tertiary alicyclic amines) is 1. The number of anilines is 1. The summed E-state index contributed by atoms with van der Waals surface area (Å²) in [5, 5.41) is 17.4. The van der Waals surface area contributed by atoms with Gasteiger partial charge in [0.15, 0.2) is 0 Å². The third-order valence-corrected chi connectivity index (χ3v) is 4.39. The first-order valence-corrected chi connectivity index (χ1v) is 8.38. The van der Waals surface area contributed by atoms with E-state index in [1.165, 1.54) is 0 Å². The molecule has 1 fully saturated rings. The van der Waals surface area contributed by atoms with Crippen LogP contribution < -0.4 is 5.32 Å². The highest BCUT2D eigenvalue weighted by Crippen LogP contribution is 2.28. The molecular formula is C17H24N4O3. The fraction of sp³-hybridized carbons (Fsp3) is 0.529. The maximum absolute atomic E-state index is 12.5. The van der Waals surface area contributed by atoms with E-state index in [1.54, 1.807) is 34.2 Å². The van der Waals surface area contributed by atoms with Crippen LogP contribution in [0.2, 0.25) is 0 Å². The van der Waals surface area contributed by atoms with E-state index in [-0.39, 0.29) is 18.1 Å². The van der Waals surface area contributed by atoms with Gasteiger partial charge in [-0.1, -0.05) is 0 Å². The standard InChI is InChI=1S/C17H24N4O3/c1-12(2)21-11-13(10-18-21)19-17(23)20-7-3-5-14(20)9-15(22)16-6-4-8-24-16/h4,6,8,10-12,14-15,22H,3,5,7,9H2,1-2H3,(H,19,23). The summed E-state index contributed by atoms with van der Waals surface area (Å²) in [7, 11) is 0. The van der Waals surface area contributed by atoms with Gasteiger partial charge in [0.25, 0.3) is 0 Å². The molecule has 24 heavy (non-hydrogen) atoms. The molecule has 3 heterocycles. The van der Waals surface area contributed by atoms with Crippen LogP contribution in [0, 0.1) is 0 Å². The molecule has 0 spiro atoms. The molecule has 0 aromatic carbocycles. The van der Waals surface area contributed by atoms with E-state index in [0.29, 0.717) is 24.4 Å². The second-order valence-electron chi connectivity index (χ2n) is 6.49. The molecule has 3 rings (SSSR count). The summed E-state index contributed by atoms with van der Waals surface area (Å²) in [5.74, 6) is 0.542. The fourth-order valence-corrected chi connectivity index (χ4v) is 3.08. The Hall–Kier alpha value is -2.28. The summed E-state index contributed by atoms with van der Waals surface area (Å²) >= 11 is 0. The number of urea groups is 1. The normalized spacial score (nSPS) is 19.0. The van der Waals surface area contributed by atoms with Gasteiger partial charge in [0.2, 0.25) is 0 Å². The Morgan fingerprint density at radius 2 is 2.38 bits per heavy atom. The lowest BCUT2D eigenvalue weighted by molar-refractivity contribution is 0.110.